The molecule has 0 aliphatic carbocycles. The van der Waals surface area contributed by atoms with E-state index in [1.165, 1.54) is 0 Å². The Bertz CT molecular complexity index is 715. The molecule has 1 aliphatic rings. The lowest BCUT2D eigenvalue weighted by Crippen LogP contribution is -2.26. The zero-order valence-electron chi connectivity index (χ0n) is 12.2. The maximum Gasteiger partial charge on any atom is 0.345 e. The van der Waals surface area contributed by atoms with Gasteiger partial charge >= 0.3 is 5.97 Å². The first-order valence-electron chi connectivity index (χ1n) is 7.15. The summed E-state index contributed by atoms with van der Waals surface area (Å²) < 4.78 is 11.2. The van der Waals surface area contributed by atoms with Crippen molar-refractivity contribution in [3.8, 4) is 0 Å². The van der Waals surface area contributed by atoms with Crippen LogP contribution in [0.2, 0.25) is 0 Å². The van der Waals surface area contributed by atoms with Crippen LogP contribution in [0.4, 0.5) is 0 Å². The standard InChI is InChI=1S/C19H16O3/c1-2-9-16-21-18(15-12-7-4-8-13-15)17(19(20)22-16)14-10-5-3-6-11-14/h2-13,16H,1H3/b9-2-. The van der Waals surface area contributed by atoms with E-state index in [0.29, 0.717) is 11.3 Å². The Kier molecular flexibility index (Phi) is 4.05. The van der Waals surface area contributed by atoms with Gasteiger partial charge in [-0.1, -0.05) is 66.7 Å². The molecule has 110 valence electrons. The smallest absolute Gasteiger partial charge is 0.345 e. The van der Waals surface area contributed by atoms with E-state index in [4.69, 9.17) is 9.47 Å². The van der Waals surface area contributed by atoms with Crippen molar-refractivity contribution in [3.63, 3.8) is 0 Å². The van der Waals surface area contributed by atoms with E-state index in [9.17, 15) is 4.79 Å². The first-order chi connectivity index (χ1) is 10.8. The fourth-order valence-corrected chi connectivity index (χ4v) is 2.35. The van der Waals surface area contributed by atoms with E-state index in [2.05, 4.69) is 0 Å². The number of cyclic esters (lactones) is 1. The lowest BCUT2D eigenvalue weighted by atomic mass is 10.00. The first-order valence-corrected chi connectivity index (χ1v) is 7.15. The van der Waals surface area contributed by atoms with Crippen molar-refractivity contribution in [2.75, 3.05) is 0 Å². The minimum atomic E-state index is -0.694. The van der Waals surface area contributed by atoms with Gasteiger partial charge in [-0.3, -0.25) is 0 Å². The Morgan fingerprint density at radius 3 is 2.05 bits per heavy atom. The zero-order valence-corrected chi connectivity index (χ0v) is 12.2. The van der Waals surface area contributed by atoms with E-state index >= 15 is 0 Å². The molecule has 3 heteroatoms. The van der Waals surface area contributed by atoms with Crippen LogP contribution in [0.1, 0.15) is 18.1 Å². The summed E-state index contributed by atoms with van der Waals surface area (Å²) in [6.45, 7) is 1.86. The van der Waals surface area contributed by atoms with Crippen LogP contribution in [0.3, 0.4) is 0 Å². The highest BCUT2D eigenvalue weighted by atomic mass is 16.7. The molecule has 0 saturated heterocycles. The minimum absolute atomic E-state index is 0.376. The van der Waals surface area contributed by atoms with E-state index in [1.807, 2.05) is 67.6 Å². The first kappa shape index (κ1) is 14.1. The number of benzene rings is 2. The molecule has 0 N–H and O–H groups in total. The number of rotatable bonds is 3. The quantitative estimate of drug-likeness (QED) is 0.633. The van der Waals surface area contributed by atoms with Gasteiger partial charge in [0.2, 0.25) is 0 Å². The summed E-state index contributed by atoms with van der Waals surface area (Å²) in [5.74, 6) is 0.172. The van der Waals surface area contributed by atoms with Crippen LogP contribution in [0.5, 0.6) is 0 Å². The average molecular weight is 292 g/mol. The van der Waals surface area contributed by atoms with Crippen molar-refractivity contribution in [2.45, 2.75) is 13.2 Å². The number of hydrogen-bond acceptors (Lipinski definition) is 3. The Morgan fingerprint density at radius 1 is 0.864 bits per heavy atom. The van der Waals surface area contributed by atoms with Crippen molar-refractivity contribution < 1.29 is 14.3 Å². The van der Waals surface area contributed by atoms with Crippen LogP contribution in [0.15, 0.2) is 72.8 Å². The van der Waals surface area contributed by atoms with Gasteiger partial charge in [0.1, 0.15) is 11.3 Å². The second-order valence-corrected chi connectivity index (χ2v) is 4.85. The van der Waals surface area contributed by atoms with Crippen molar-refractivity contribution in [3.05, 3.63) is 83.9 Å². The summed E-state index contributed by atoms with van der Waals surface area (Å²) in [5, 5.41) is 0. The van der Waals surface area contributed by atoms with Crippen molar-refractivity contribution in [2.24, 2.45) is 0 Å². The van der Waals surface area contributed by atoms with Gasteiger partial charge in [0.15, 0.2) is 0 Å². The predicted octanol–water partition coefficient (Wildman–Crippen LogP) is 4.03. The molecule has 0 spiro atoms. The van der Waals surface area contributed by atoms with Crippen molar-refractivity contribution >= 4 is 17.3 Å². The zero-order chi connectivity index (χ0) is 15.4. The second kappa shape index (κ2) is 6.31. The topological polar surface area (TPSA) is 35.5 Å². The van der Waals surface area contributed by atoms with Gasteiger partial charge in [0.25, 0.3) is 6.29 Å². The van der Waals surface area contributed by atoms with Crippen LogP contribution in [-0.4, -0.2) is 12.3 Å². The highest BCUT2D eigenvalue weighted by molar-refractivity contribution is 6.24. The van der Waals surface area contributed by atoms with Crippen LogP contribution in [-0.2, 0) is 14.3 Å². The maximum absolute atomic E-state index is 12.5. The number of esters is 1. The molecule has 0 amide bonds. The van der Waals surface area contributed by atoms with Gasteiger partial charge in [-0.25, -0.2) is 4.79 Å². The molecule has 22 heavy (non-hydrogen) atoms. The second-order valence-electron chi connectivity index (χ2n) is 4.85. The summed E-state index contributed by atoms with van der Waals surface area (Å²) in [5.41, 5.74) is 2.09. The summed E-state index contributed by atoms with van der Waals surface area (Å²) in [6, 6.07) is 19.0. The normalized spacial score (nSPS) is 18.2. The molecule has 0 saturated carbocycles. The van der Waals surface area contributed by atoms with E-state index in [1.54, 1.807) is 12.2 Å². The highest BCUT2D eigenvalue weighted by Crippen LogP contribution is 2.33. The third-order valence-electron chi connectivity index (χ3n) is 3.34. The van der Waals surface area contributed by atoms with E-state index in [0.717, 1.165) is 11.1 Å². The molecule has 2 aromatic rings. The van der Waals surface area contributed by atoms with E-state index < -0.39 is 6.29 Å². The van der Waals surface area contributed by atoms with Gasteiger partial charge in [0, 0.05) is 5.56 Å². The molecular weight excluding hydrogens is 276 g/mol. The number of hydrogen-bond donors (Lipinski definition) is 0. The van der Waals surface area contributed by atoms with Crippen molar-refractivity contribution in [1.82, 2.24) is 0 Å². The summed E-state index contributed by atoms with van der Waals surface area (Å²) >= 11 is 0. The third kappa shape index (κ3) is 2.79. The number of carbonyl (C=O) groups is 1. The molecule has 1 unspecified atom stereocenters. The largest absolute Gasteiger partial charge is 0.449 e. The minimum Gasteiger partial charge on any atom is -0.449 e. The Morgan fingerprint density at radius 2 is 1.45 bits per heavy atom. The van der Waals surface area contributed by atoms with Crippen molar-refractivity contribution in [1.29, 1.82) is 0 Å². The maximum atomic E-state index is 12.5. The molecule has 0 fully saturated rings. The third-order valence-corrected chi connectivity index (χ3v) is 3.34. The SMILES string of the molecule is C/C=C\C1OC(=O)C(c2ccccc2)=C(c2ccccc2)O1. The van der Waals surface area contributed by atoms with Crippen LogP contribution >= 0.6 is 0 Å². The summed E-state index contributed by atoms with van der Waals surface area (Å²) in [7, 11) is 0. The van der Waals surface area contributed by atoms with Gasteiger partial charge in [-0.05, 0) is 18.6 Å². The Labute approximate surface area is 129 Å². The number of ether oxygens (including phenoxy) is 2. The van der Waals surface area contributed by atoms with Gasteiger partial charge < -0.3 is 9.47 Å². The average Bonchev–Trinajstić information content (AvgIpc) is 2.56. The molecule has 1 atom stereocenters. The molecular formula is C19H16O3. The van der Waals surface area contributed by atoms with Crippen LogP contribution in [0, 0.1) is 0 Å². The molecule has 1 heterocycles. The molecule has 0 radical (unpaired) electrons. The molecule has 0 bridgehead atoms. The van der Waals surface area contributed by atoms with Gasteiger partial charge in [0.05, 0.1) is 0 Å². The molecule has 3 nitrogen and oxygen atoms in total. The van der Waals surface area contributed by atoms with Crippen LogP contribution < -0.4 is 0 Å². The fraction of sp³-hybridized carbons (Fsp3) is 0.105. The Balaban J connectivity index is 2.15. The highest BCUT2D eigenvalue weighted by Gasteiger charge is 2.30. The molecule has 0 aromatic heterocycles. The molecule has 3 rings (SSSR count). The number of allylic oxidation sites excluding steroid dienone is 1. The molecule has 2 aromatic carbocycles. The summed E-state index contributed by atoms with van der Waals surface area (Å²) in [6.07, 6.45) is 2.82. The summed E-state index contributed by atoms with van der Waals surface area (Å²) in [4.78, 5) is 12.5. The Hall–Kier alpha value is -2.81. The fourth-order valence-electron chi connectivity index (χ4n) is 2.35. The van der Waals surface area contributed by atoms with Crippen LogP contribution in [0.25, 0.3) is 11.3 Å². The lowest BCUT2D eigenvalue weighted by molar-refractivity contribution is -0.155. The van der Waals surface area contributed by atoms with Gasteiger partial charge in [-0.2, -0.15) is 0 Å². The van der Waals surface area contributed by atoms with E-state index in [-0.39, 0.29) is 5.97 Å². The van der Waals surface area contributed by atoms with Gasteiger partial charge in [-0.15, -0.1) is 0 Å². The predicted molar refractivity (Wildman–Crippen MR) is 85.5 cm³/mol. The lowest BCUT2D eigenvalue weighted by Gasteiger charge is -2.26. The molecule has 1 aliphatic heterocycles. The number of carbonyl (C=O) groups excluding carboxylic acids is 1. The monoisotopic (exact) mass is 292 g/mol.